The molecule has 0 saturated carbocycles. The van der Waals surface area contributed by atoms with Crippen LogP contribution in [0.4, 0.5) is 0 Å². The highest BCUT2D eigenvalue weighted by atomic mass is 35.5. The number of nitrogens with two attached hydrogens (primary N) is 1. The van der Waals surface area contributed by atoms with Crippen LogP contribution < -0.4 is 5.73 Å². The van der Waals surface area contributed by atoms with E-state index in [9.17, 15) is 13.2 Å². The fraction of sp³-hybridized carbons (Fsp3) is 0.357. The Morgan fingerprint density at radius 1 is 1.33 bits per heavy atom. The van der Waals surface area contributed by atoms with E-state index in [0.29, 0.717) is 24.4 Å². The van der Waals surface area contributed by atoms with Crippen LogP contribution in [-0.2, 0) is 14.8 Å². The summed E-state index contributed by atoms with van der Waals surface area (Å²) in [5.41, 5.74) is 6.00. The van der Waals surface area contributed by atoms with Crippen molar-refractivity contribution >= 4 is 33.6 Å². The molecular weight excluding hydrogens is 312 g/mol. The Morgan fingerprint density at radius 3 is 2.62 bits per heavy atom. The van der Waals surface area contributed by atoms with Crippen LogP contribution in [0.2, 0.25) is 5.02 Å². The summed E-state index contributed by atoms with van der Waals surface area (Å²) in [4.78, 5) is 11.2. The minimum atomic E-state index is -3.55. The molecule has 7 heteroatoms. The van der Waals surface area contributed by atoms with Crippen molar-refractivity contribution in [1.29, 1.82) is 0 Å². The highest BCUT2D eigenvalue weighted by molar-refractivity contribution is 7.92. The van der Waals surface area contributed by atoms with Crippen LogP contribution >= 0.6 is 11.6 Å². The van der Waals surface area contributed by atoms with E-state index in [0.717, 1.165) is 11.0 Å². The molecule has 0 radical (unpaired) electrons. The third-order valence-electron chi connectivity index (χ3n) is 3.45. The first-order chi connectivity index (χ1) is 9.88. The molecule has 1 aromatic rings. The molecule has 1 heterocycles. The molecule has 1 atom stereocenters. The van der Waals surface area contributed by atoms with Gasteiger partial charge in [-0.1, -0.05) is 23.7 Å². The van der Waals surface area contributed by atoms with E-state index in [1.807, 2.05) is 0 Å². The second-order valence-electron chi connectivity index (χ2n) is 5.00. The minimum absolute atomic E-state index is 0.155. The summed E-state index contributed by atoms with van der Waals surface area (Å²) in [6.45, 7) is 0.569. The van der Waals surface area contributed by atoms with Gasteiger partial charge in [0.15, 0.2) is 0 Å². The molecule has 0 bridgehead atoms. The Balaban J connectivity index is 2.10. The Morgan fingerprint density at radius 2 is 2.00 bits per heavy atom. The smallest absolute Gasteiger partial charge is 0.236 e. The predicted octanol–water partition coefficient (Wildman–Crippen LogP) is 1.84. The van der Waals surface area contributed by atoms with E-state index in [4.69, 9.17) is 17.3 Å². The number of nitrogens with zero attached hydrogens (tertiary/aromatic N) is 1. The first kappa shape index (κ1) is 16.0. The van der Waals surface area contributed by atoms with Gasteiger partial charge in [-0.05, 0) is 36.6 Å². The summed E-state index contributed by atoms with van der Waals surface area (Å²) < 4.78 is 25.8. The molecule has 1 aliphatic rings. The fourth-order valence-electron chi connectivity index (χ4n) is 2.23. The van der Waals surface area contributed by atoms with Gasteiger partial charge in [-0.25, -0.2) is 8.42 Å². The third kappa shape index (κ3) is 4.30. The third-order valence-corrected chi connectivity index (χ3v) is 5.23. The van der Waals surface area contributed by atoms with Gasteiger partial charge in [0.25, 0.3) is 0 Å². The van der Waals surface area contributed by atoms with Gasteiger partial charge in [0.05, 0.1) is 5.92 Å². The number of carbonyl (C=O) groups is 1. The molecule has 1 aliphatic heterocycles. The van der Waals surface area contributed by atoms with Crippen molar-refractivity contribution in [3.63, 3.8) is 0 Å². The SMILES string of the molecule is NC(=O)C1CCCN(S(=O)(=O)/C=C/c2ccc(Cl)cc2)C1. The topological polar surface area (TPSA) is 80.5 Å². The number of benzene rings is 1. The summed E-state index contributed by atoms with van der Waals surface area (Å²) in [6.07, 6.45) is 2.80. The van der Waals surface area contributed by atoms with Crippen molar-refractivity contribution < 1.29 is 13.2 Å². The summed E-state index contributed by atoms with van der Waals surface area (Å²) >= 11 is 5.77. The molecule has 5 nitrogen and oxygen atoms in total. The lowest BCUT2D eigenvalue weighted by Gasteiger charge is -2.29. The molecule has 1 amide bonds. The van der Waals surface area contributed by atoms with E-state index in [-0.39, 0.29) is 6.54 Å². The summed E-state index contributed by atoms with van der Waals surface area (Å²) in [7, 11) is -3.55. The monoisotopic (exact) mass is 328 g/mol. The van der Waals surface area contributed by atoms with E-state index >= 15 is 0 Å². The van der Waals surface area contributed by atoms with Crippen LogP contribution in [0.3, 0.4) is 0 Å². The van der Waals surface area contributed by atoms with Crippen molar-refractivity contribution in [2.24, 2.45) is 11.7 Å². The average molecular weight is 329 g/mol. The fourth-order valence-corrected chi connectivity index (χ4v) is 3.63. The molecule has 21 heavy (non-hydrogen) atoms. The molecule has 1 aromatic carbocycles. The van der Waals surface area contributed by atoms with E-state index < -0.39 is 21.8 Å². The number of rotatable bonds is 4. The van der Waals surface area contributed by atoms with Crippen molar-refractivity contribution in [3.05, 3.63) is 40.3 Å². The molecule has 0 aromatic heterocycles. The van der Waals surface area contributed by atoms with E-state index in [1.165, 1.54) is 10.4 Å². The molecule has 0 aliphatic carbocycles. The number of primary amides is 1. The zero-order valence-corrected chi connectivity index (χ0v) is 13.0. The molecule has 1 saturated heterocycles. The maximum absolute atomic E-state index is 12.3. The van der Waals surface area contributed by atoms with Crippen molar-refractivity contribution in [1.82, 2.24) is 4.31 Å². The second kappa shape index (κ2) is 6.60. The van der Waals surface area contributed by atoms with Gasteiger partial charge in [-0.2, -0.15) is 4.31 Å². The lowest BCUT2D eigenvalue weighted by Crippen LogP contribution is -2.43. The van der Waals surface area contributed by atoms with Gasteiger partial charge in [0.1, 0.15) is 0 Å². The number of hydrogen-bond acceptors (Lipinski definition) is 3. The van der Waals surface area contributed by atoms with E-state index in [1.54, 1.807) is 24.3 Å². The highest BCUT2D eigenvalue weighted by Gasteiger charge is 2.29. The number of halogens is 1. The number of piperidine rings is 1. The first-order valence-corrected chi connectivity index (χ1v) is 8.50. The zero-order valence-electron chi connectivity index (χ0n) is 11.4. The summed E-state index contributed by atoms with van der Waals surface area (Å²) in [6, 6.07) is 6.85. The lowest BCUT2D eigenvalue weighted by molar-refractivity contribution is -0.122. The van der Waals surface area contributed by atoms with Gasteiger partial charge in [0, 0.05) is 23.5 Å². The maximum atomic E-state index is 12.3. The van der Waals surface area contributed by atoms with Crippen molar-refractivity contribution in [2.75, 3.05) is 13.1 Å². The Labute approximate surface area is 129 Å². The normalized spacial score (nSPS) is 20.7. The van der Waals surface area contributed by atoms with Crippen LogP contribution in [0, 0.1) is 5.92 Å². The average Bonchev–Trinajstić information content (AvgIpc) is 2.47. The predicted molar refractivity (Wildman–Crippen MR) is 82.9 cm³/mol. The van der Waals surface area contributed by atoms with Crippen LogP contribution in [0.25, 0.3) is 6.08 Å². The molecular formula is C14H17ClN2O3S. The number of hydrogen-bond donors (Lipinski definition) is 1. The van der Waals surface area contributed by atoms with Gasteiger partial charge < -0.3 is 5.73 Å². The van der Waals surface area contributed by atoms with Crippen LogP contribution in [0.5, 0.6) is 0 Å². The van der Waals surface area contributed by atoms with Crippen LogP contribution in [-0.4, -0.2) is 31.7 Å². The Kier molecular flexibility index (Phi) is 5.03. The molecule has 114 valence electrons. The zero-order chi connectivity index (χ0) is 15.5. The van der Waals surface area contributed by atoms with Crippen molar-refractivity contribution in [3.8, 4) is 0 Å². The number of sulfonamides is 1. The summed E-state index contributed by atoms with van der Waals surface area (Å²) in [5.74, 6) is -0.853. The molecule has 0 spiro atoms. The lowest BCUT2D eigenvalue weighted by atomic mass is 9.99. The van der Waals surface area contributed by atoms with Crippen molar-refractivity contribution in [2.45, 2.75) is 12.8 Å². The standard InChI is InChI=1S/C14H17ClN2O3S/c15-13-5-3-11(4-6-13)7-9-21(19,20)17-8-1-2-12(10-17)14(16)18/h3-7,9,12H,1-2,8,10H2,(H2,16,18)/b9-7+. The molecule has 2 rings (SSSR count). The largest absolute Gasteiger partial charge is 0.369 e. The Bertz CT molecular complexity index is 641. The quantitative estimate of drug-likeness (QED) is 0.915. The van der Waals surface area contributed by atoms with Gasteiger partial charge >= 0.3 is 0 Å². The van der Waals surface area contributed by atoms with Crippen LogP contribution in [0.1, 0.15) is 18.4 Å². The maximum Gasteiger partial charge on any atom is 0.236 e. The van der Waals surface area contributed by atoms with Gasteiger partial charge in [-0.15, -0.1) is 0 Å². The minimum Gasteiger partial charge on any atom is -0.369 e. The Hall–Kier alpha value is -1.37. The summed E-state index contributed by atoms with van der Waals surface area (Å²) in [5, 5.41) is 1.75. The second-order valence-corrected chi connectivity index (χ2v) is 7.25. The van der Waals surface area contributed by atoms with Gasteiger partial charge in [0.2, 0.25) is 15.9 Å². The number of amides is 1. The van der Waals surface area contributed by atoms with Gasteiger partial charge in [-0.3, -0.25) is 4.79 Å². The molecule has 1 fully saturated rings. The molecule has 2 N–H and O–H groups in total. The van der Waals surface area contributed by atoms with Crippen LogP contribution in [0.15, 0.2) is 29.7 Å². The van der Waals surface area contributed by atoms with E-state index in [2.05, 4.69) is 0 Å². The first-order valence-electron chi connectivity index (χ1n) is 6.61. The molecule has 1 unspecified atom stereocenters. The highest BCUT2D eigenvalue weighted by Crippen LogP contribution is 2.20. The number of carbonyl (C=O) groups excluding carboxylic acids is 1.